The van der Waals surface area contributed by atoms with Crippen LogP contribution in [0.1, 0.15) is 50.5 Å². The van der Waals surface area contributed by atoms with E-state index in [9.17, 15) is 19.6 Å². The van der Waals surface area contributed by atoms with E-state index in [2.05, 4.69) is 42.9 Å². The van der Waals surface area contributed by atoms with Crippen molar-refractivity contribution in [3.8, 4) is 6.07 Å². The summed E-state index contributed by atoms with van der Waals surface area (Å²) in [7, 11) is 0. The number of carbonyl (C=O) groups is 3. The van der Waals surface area contributed by atoms with E-state index < -0.39 is 23.9 Å². The van der Waals surface area contributed by atoms with Gasteiger partial charge in [-0.2, -0.15) is 5.26 Å². The van der Waals surface area contributed by atoms with Crippen molar-refractivity contribution in [3.05, 3.63) is 34.4 Å². The van der Waals surface area contributed by atoms with Crippen LogP contribution in [0.3, 0.4) is 0 Å². The van der Waals surface area contributed by atoms with Gasteiger partial charge in [-0.1, -0.05) is 42.8 Å². The molecule has 3 atom stereocenters. The van der Waals surface area contributed by atoms with Crippen LogP contribution in [-0.2, 0) is 9.59 Å². The summed E-state index contributed by atoms with van der Waals surface area (Å²) < 4.78 is 0.863. The molecule has 1 aliphatic rings. The Morgan fingerprint density at radius 3 is 2.66 bits per heavy atom. The third kappa shape index (κ3) is 5.88. The van der Waals surface area contributed by atoms with E-state index >= 15 is 0 Å². The van der Waals surface area contributed by atoms with Crippen LogP contribution in [0, 0.1) is 22.7 Å². The highest BCUT2D eigenvalue weighted by molar-refractivity contribution is 9.10. The molecule has 8 nitrogen and oxygen atoms in total. The van der Waals surface area contributed by atoms with Gasteiger partial charge in [0, 0.05) is 27.8 Å². The van der Waals surface area contributed by atoms with Crippen molar-refractivity contribution in [2.24, 2.45) is 11.3 Å². The van der Waals surface area contributed by atoms with Crippen molar-refractivity contribution < 1.29 is 14.4 Å². The zero-order chi connectivity index (χ0) is 23.5. The molecule has 0 unspecified atom stereocenters. The number of aromatic nitrogens is 1. The summed E-state index contributed by atoms with van der Waals surface area (Å²) in [6.45, 7) is 6.51. The maximum absolute atomic E-state index is 13.0. The number of fused-ring (bicyclic) bond motifs is 1. The molecule has 3 rings (SSSR count). The first-order valence-electron chi connectivity index (χ1n) is 10.6. The Hall–Kier alpha value is -2.86. The van der Waals surface area contributed by atoms with Gasteiger partial charge in [0.2, 0.25) is 11.8 Å². The molecule has 2 aromatic rings. The lowest BCUT2D eigenvalue weighted by Gasteiger charge is -2.27. The number of nitrogens with one attached hydrogen (secondary N) is 4. The number of nitrogens with zero attached hydrogens (tertiary/aromatic N) is 1. The minimum Gasteiger partial charge on any atom is -0.356 e. The molecule has 2 heterocycles. The second kappa shape index (κ2) is 9.74. The number of amides is 3. The molecule has 4 N–H and O–H groups in total. The molecule has 170 valence electrons. The molecule has 0 radical (unpaired) electrons. The highest BCUT2D eigenvalue weighted by atomic mass is 79.9. The topological polar surface area (TPSA) is 127 Å². The van der Waals surface area contributed by atoms with E-state index in [4.69, 9.17) is 0 Å². The number of rotatable bonds is 7. The largest absolute Gasteiger partial charge is 0.356 e. The number of carbonyl (C=O) groups excluding carboxylic acids is 3. The van der Waals surface area contributed by atoms with Gasteiger partial charge in [0.25, 0.3) is 5.91 Å². The molecular weight excluding hydrogens is 474 g/mol. The van der Waals surface area contributed by atoms with E-state index in [-0.39, 0.29) is 23.7 Å². The number of hydrogen-bond acceptors (Lipinski definition) is 4. The predicted octanol–water partition coefficient (Wildman–Crippen LogP) is 3.00. The average molecular weight is 502 g/mol. The van der Waals surface area contributed by atoms with E-state index in [1.807, 2.05) is 39.0 Å². The smallest absolute Gasteiger partial charge is 0.268 e. The normalized spacial score (nSPS) is 18.0. The van der Waals surface area contributed by atoms with Crippen LogP contribution < -0.4 is 16.0 Å². The third-order valence-corrected chi connectivity index (χ3v) is 6.14. The minimum absolute atomic E-state index is 0.0935. The molecule has 3 amide bonds. The van der Waals surface area contributed by atoms with Crippen LogP contribution in [0.5, 0.6) is 0 Å². The molecule has 1 aliphatic heterocycles. The summed E-state index contributed by atoms with van der Waals surface area (Å²) in [5, 5.41) is 18.7. The quantitative estimate of drug-likeness (QED) is 0.464. The maximum Gasteiger partial charge on any atom is 0.268 e. The average Bonchev–Trinajstić information content (AvgIpc) is 3.33. The first-order chi connectivity index (χ1) is 15.1. The Labute approximate surface area is 195 Å². The molecule has 0 aliphatic carbocycles. The molecule has 1 aromatic heterocycles. The first kappa shape index (κ1) is 23.8. The zero-order valence-corrected chi connectivity index (χ0v) is 20.0. The van der Waals surface area contributed by atoms with Crippen molar-refractivity contribution in [3.63, 3.8) is 0 Å². The molecule has 1 fully saturated rings. The van der Waals surface area contributed by atoms with Gasteiger partial charge < -0.3 is 20.9 Å². The summed E-state index contributed by atoms with van der Waals surface area (Å²) >= 11 is 3.47. The molecule has 0 bridgehead atoms. The van der Waals surface area contributed by atoms with Crippen molar-refractivity contribution in [2.75, 3.05) is 6.54 Å². The lowest BCUT2D eigenvalue weighted by Crippen LogP contribution is -2.51. The highest BCUT2D eigenvalue weighted by Crippen LogP contribution is 2.25. The first-order valence-corrected chi connectivity index (χ1v) is 11.4. The minimum atomic E-state index is -0.828. The fraction of sp³-hybridized carbons (Fsp3) is 0.478. The Kier molecular flexibility index (Phi) is 7.24. The van der Waals surface area contributed by atoms with Crippen LogP contribution >= 0.6 is 15.9 Å². The molecule has 1 aromatic carbocycles. The molecule has 9 heteroatoms. The van der Waals surface area contributed by atoms with Crippen LogP contribution in [0.4, 0.5) is 0 Å². The second-order valence-corrected chi connectivity index (χ2v) is 10.2. The van der Waals surface area contributed by atoms with E-state index in [0.29, 0.717) is 25.1 Å². The van der Waals surface area contributed by atoms with Gasteiger partial charge in [0.05, 0.1) is 6.07 Å². The number of hydrogen-bond donors (Lipinski definition) is 4. The fourth-order valence-corrected chi connectivity index (χ4v) is 4.35. The number of H-pyrrole nitrogens is 1. The summed E-state index contributed by atoms with van der Waals surface area (Å²) in [6, 6.07) is 7.80. The van der Waals surface area contributed by atoms with Gasteiger partial charge in [-0.05, 0) is 42.9 Å². The van der Waals surface area contributed by atoms with E-state index in [0.717, 1.165) is 15.4 Å². The van der Waals surface area contributed by atoms with Crippen molar-refractivity contribution in [2.45, 2.75) is 52.1 Å². The SMILES string of the molecule is CC(C)(C)C[C@H](NC(=O)c1cc2c(Br)cccc2[nH]1)C(=O)N[C@H](C#N)C[C@@H]1CCNC1=O. The van der Waals surface area contributed by atoms with Crippen molar-refractivity contribution >= 4 is 44.6 Å². The standard InChI is InChI=1S/C23H28BrN5O3/c1-23(2,3)11-19(22(32)27-14(12-25)9-13-7-8-26-20(13)30)29-21(31)18-10-15-16(24)5-4-6-17(15)28-18/h4-6,10,13-14,19,28H,7-9,11H2,1-3H3,(H,26,30)(H,27,32)(H,29,31)/t13-,14-,19-/m0/s1. The molecule has 32 heavy (non-hydrogen) atoms. The van der Waals surface area contributed by atoms with Crippen LogP contribution in [-0.4, -0.2) is 41.3 Å². The molecular formula is C23H28BrN5O3. The fourth-order valence-electron chi connectivity index (χ4n) is 3.87. The Morgan fingerprint density at radius 1 is 1.31 bits per heavy atom. The van der Waals surface area contributed by atoms with Gasteiger partial charge >= 0.3 is 0 Å². The molecule has 1 saturated heterocycles. The Balaban J connectivity index is 1.73. The van der Waals surface area contributed by atoms with Gasteiger partial charge in [0.1, 0.15) is 17.8 Å². The summed E-state index contributed by atoms with van der Waals surface area (Å²) in [5.41, 5.74) is 0.908. The number of halogens is 1. The number of aromatic amines is 1. The van der Waals surface area contributed by atoms with Gasteiger partial charge in [-0.15, -0.1) is 0 Å². The number of benzene rings is 1. The lowest BCUT2D eigenvalue weighted by molar-refractivity contribution is -0.125. The molecule has 0 spiro atoms. The van der Waals surface area contributed by atoms with Gasteiger partial charge in [-0.3, -0.25) is 14.4 Å². The van der Waals surface area contributed by atoms with Crippen LogP contribution in [0.25, 0.3) is 10.9 Å². The lowest BCUT2D eigenvalue weighted by atomic mass is 9.87. The molecule has 0 saturated carbocycles. The zero-order valence-electron chi connectivity index (χ0n) is 18.4. The summed E-state index contributed by atoms with van der Waals surface area (Å²) in [5.74, 6) is -1.22. The predicted molar refractivity (Wildman–Crippen MR) is 125 cm³/mol. The maximum atomic E-state index is 13.0. The van der Waals surface area contributed by atoms with Crippen LogP contribution in [0.15, 0.2) is 28.7 Å². The van der Waals surface area contributed by atoms with Gasteiger partial charge in [0.15, 0.2) is 0 Å². The van der Waals surface area contributed by atoms with Gasteiger partial charge in [-0.25, -0.2) is 0 Å². The van der Waals surface area contributed by atoms with E-state index in [1.54, 1.807) is 6.07 Å². The van der Waals surface area contributed by atoms with Crippen molar-refractivity contribution in [1.82, 2.24) is 20.9 Å². The van der Waals surface area contributed by atoms with E-state index in [1.165, 1.54) is 0 Å². The number of nitriles is 1. The summed E-state index contributed by atoms with van der Waals surface area (Å²) in [6.07, 6.45) is 1.28. The highest BCUT2D eigenvalue weighted by Gasteiger charge is 2.31. The van der Waals surface area contributed by atoms with Crippen molar-refractivity contribution in [1.29, 1.82) is 5.26 Å². The summed E-state index contributed by atoms with van der Waals surface area (Å²) in [4.78, 5) is 40.9. The Morgan fingerprint density at radius 2 is 2.06 bits per heavy atom. The Bertz CT molecular complexity index is 1070. The van der Waals surface area contributed by atoms with Crippen LogP contribution in [0.2, 0.25) is 0 Å². The monoisotopic (exact) mass is 501 g/mol. The second-order valence-electron chi connectivity index (χ2n) is 9.38. The third-order valence-electron chi connectivity index (χ3n) is 5.45.